The molecule has 1 aliphatic rings. The van der Waals surface area contributed by atoms with Gasteiger partial charge in [-0.3, -0.25) is 9.00 Å². The second kappa shape index (κ2) is 6.65. The van der Waals surface area contributed by atoms with Gasteiger partial charge in [0.2, 0.25) is 0 Å². The van der Waals surface area contributed by atoms with Crippen LogP contribution in [-0.4, -0.2) is 32.1 Å². The molecular formula is C17H22N2O2S. The number of aromatic amines is 1. The number of hydrogen-bond donors (Lipinski definition) is 2. The van der Waals surface area contributed by atoms with Gasteiger partial charge in [0.05, 0.1) is 0 Å². The van der Waals surface area contributed by atoms with E-state index in [1.807, 2.05) is 37.3 Å². The fraction of sp³-hybridized carbons (Fsp3) is 0.471. The lowest BCUT2D eigenvalue weighted by molar-refractivity contribution is 0.0924. The van der Waals surface area contributed by atoms with E-state index in [2.05, 4.69) is 10.3 Å². The van der Waals surface area contributed by atoms with E-state index in [0.29, 0.717) is 11.4 Å². The van der Waals surface area contributed by atoms with Crippen LogP contribution in [0.2, 0.25) is 0 Å². The van der Waals surface area contributed by atoms with Crippen LogP contribution in [0.3, 0.4) is 0 Å². The first-order valence-electron chi connectivity index (χ1n) is 7.93. The smallest absolute Gasteiger partial charge is 0.267 e. The minimum Gasteiger partial charge on any atom is -0.351 e. The van der Waals surface area contributed by atoms with Crippen molar-refractivity contribution in [2.75, 3.05) is 5.75 Å². The van der Waals surface area contributed by atoms with Gasteiger partial charge in [0.25, 0.3) is 5.91 Å². The first-order valence-corrected chi connectivity index (χ1v) is 9.31. The molecule has 118 valence electrons. The number of nitrogens with one attached hydrogen (secondary N) is 2. The van der Waals surface area contributed by atoms with Crippen molar-refractivity contribution >= 4 is 27.6 Å². The molecule has 2 aromatic rings. The summed E-state index contributed by atoms with van der Waals surface area (Å²) in [6.07, 6.45) is 3.85. The Kier molecular flexibility index (Phi) is 4.62. The van der Waals surface area contributed by atoms with Crippen molar-refractivity contribution in [3.63, 3.8) is 0 Å². The van der Waals surface area contributed by atoms with Gasteiger partial charge in [0, 0.05) is 38.7 Å². The molecule has 0 spiro atoms. The van der Waals surface area contributed by atoms with Gasteiger partial charge in [0.1, 0.15) is 5.69 Å². The molecule has 0 aliphatic heterocycles. The topological polar surface area (TPSA) is 62.0 Å². The van der Waals surface area contributed by atoms with Crippen LogP contribution in [0.1, 0.15) is 43.1 Å². The lowest BCUT2D eigenvalue weighted by atomic mass is 9.95. The second-order valence-electron chi connectivity index (χ2n) is 5.90. The predicted molar refractivity (Wildman–Crippen MR) is 90.5 cm³/mol. The normalized spacial score (nSPS) is 23.3. The van der Waals surface area contributed by atoms with Crippen LogP contribution in [0.5, 0.6) is 0 Å². The molecule has 1 heterocycles. The highest BCUT2D eigenvalue weighted by atomic mass is 32.2. The SMILES string of the molecule is CC[S@](=O)[C@@H]1CCC[C@@H](NC(=O)c2cc3ccccc3[nH]2)C1. The average molecular weight is 318 g/mol. The minimum absolute atomic E-state index is 0.0656. The van der Waals surface area contributed by atoms with E-state index in [0.717, 1.165) is 36.6 Å². The van der Waals surface area contributed by atoms with Crippen LogP contribution >= 0.6 is 0 Å². The van der Waals surface area contributed by atoms with E-state index < -0.39 is 10.8 Å². The molecule has 0 saturated heterocycles. The highest BCUT2D eigenvalue weighted by molar-refractivity contribution is 7.85. The van der Waals surface area contributed by atoms with Crippen LogP contribution in [0, 0.1) is 0 Å². The molecule has 1 aromatic carbocycles. The average Bonchev–Trinajstić information content (AvgIpc) is 2.98. The Balaban J connectivity index is 1.67. The van der Waals surface area contributed by atoms with Crippen molar-refractivity contribution in [2.45, 2.75) is 43.9 Å². The number of hydrogen-bond acceptors (Lipinski definition) is 2. The minimum atomic E-state index is -0.765. The van der Waals surface area contributed by atoms with Crippen molar-refractivity contribution in [1.82, 2.24) is 10.3 Å². The van der Waals surface area contributed by atoms with Crippen LogP contribution in [-0.2, 0) is 10.8 Å². The van der Waals surface area contributed by atoms with Gasteiger partial charge < -0.3 is 10.3 Å². The summed E-state index contributed by atoms with van der Waals surface area (Å²) in [5.74, 6) is 0.636. The monoisotopic (exact) mass is 318 g/mol. The van der Waals surface area contributed by atoms with Gasteiger partial charge in [-0.1, -0.05) is 31.5 Å². The van der Waals surface area contributed by atoms with Gasteiger partial charge >= 0.3 is 0 Å². The molecular weight excluding hydrogens is 296 g/mol. The Morgan fingerprint density at radius 3 is 2.95 bits per heavy atom. The predicted octanol–water partition coefficient (Wildman–Crippen LogP) is 2.98. The van der Waals surface area contributed by atoms with E-state index in [1.54, 1.807) is 0 Å². The third-order valence-electron chi connectivity index (χ3n) is 4.39. The number of carbonyl (C=O) groups excluding carboxylic acids is 1. The number of aromatic nitrogens is 1. The van der Waals surface area contributed by atoms with Crippen LogP contribution in [0.4, 0.5) is 0 Å². The third kappa shape index (κ3) is 3.24. The Morgan fingerprint density at radius 1 is 1.36 bits per heavy atom. The fourth-order valence-electron chi connectivity index (χ4n) is 3.21. The van der Waals surface area contributed by atoms with Crippen molar-refractivity contribution < 1.29 is 9.00 Å². The molecule has 2 N–H and O–H groups in total. The zero-order valence-corrected chi connectivity index (χ0v) is 13.6. The summed E-state index contributed by atoms with van der Waals surface area (Å²) in [6, 6.07) is 9.88. The molecule has 1 saturated carbocycles. The Morgan fingerprint density at radius 2 is 2.18 bits per heavy atom. The standard InChI is InChI=1S/C17H22N2O2S/c1-2-22(21)14-8-5-7-13(11-14)18-17(20)16-10-12-6-3-4-9-15(12)19-16/h3-4,6,9-10,13-14,19H,2,5,7-8,11H2,1H3,(H,18,20)/t13-,14-,22+/m1/s1. The molecule has 4 nitrogen and oxygen atoms in total. The van der Waals surface area contributed by atoms with Crippen LogP contribution < -0.4 is 5.32 Å². The van der Waals surface area contributed by atoms with Gasteiger partial charge in [-0.15, -0.1) is 0 Å². The van der Waals surface area contributed by atoms with Crippen molar-refractivity contribution in [2.24, 2.45) is 0 Å². The van der Waals surface area contributed by atoms with Crippen molar-refractivity contribution in [1.29, 1.82) is 0 Å². The Hall–Kier alpha value is -1.62. The number of para-hydroxylation sites is 1. The summed E-state index contributed by atoms with van der Waals surface area (Å²) >= 11 is 0. The number of rotatable bonds is 4. The maximum absolute atomic E-state index is 12.4. The quantitative estimate of drug-likeness (QED) is 0.910. The first kappa shape index (κ1) is 15.3. The highest BCUT2D eigenvalue weighted by Gasteiger charge is 2.27. The molecule has 1 fully saturated rings. The summed E-state index contributed by atoms with van der Waals surface area (Å²) in [7, 11) is -0.765. The Labute approximate surface area is 133 Å². The van der Waals surface area contributed by atoms with E-state index in [-0.39, 0.29) is 17.2 Å². The van der Waals surface area contributed by atoms with Crippen LogP contribution in [0.25, 0.3) is 10.9 Å². The van der Waals surface area contributed by atoms with E-state index in [4.69, 9.17) is 0 Å². The van der Waals surface area contributed by atoms with E-state index in [9.17, 15) is 9.00 Å². The summed E-state index contributed by atoms with van der Waals surface area (Å²) in [5, 5.41) is 4.37. The van der Waals surface area contributed by atoms with E-state index >= 15 is 0 Å². The Bertz CT molecular complexity index is 662. The first-order chi connectivity index (χ1) is 10.7. The number of amides is 1. The molecule has 5 heteroatoms. The fourth-order valence-corrected chi connectivity index (χ4v) is 4.56. The van der Waals surface area contributed by atoms with E-state index in [1.165, 1.54) is 0 Å². The van der Waals surface area contributed by atoms with Crippen molar-refractivity contribution in [3.05, 3.63) is 36.0 Å². The zero-order chi connectivity index (χ0) is 15.5. The maximum Gasteiger partial charge on any atom is 0.267 e. The summed E-state index contributed by atoms with van der Waals surface area (Å²) < 4.78 is 12.0. The molecule has 0 bridgehead atoms. The van der Waals surface area contributed by atoms with Crippen molar-refractivity contribution in [3.8, 4) is 0 Å². The number of H-pyrrole nitrogens is 1. The van der Waals surface area contributed by atoms with Gasteiger partial charge in [-0.25, -0.2) is 0 Å². The zero-order valence-electron chi connectivity index (χ0n) is 12.8. The molecule has 1 aliphatic carbocycles. The molecule has 1 aromatic heterocycles. The van der Waals surface area contributed by atoms with Crippen LogP contribution in [0.15, 0.2) is 30.3 Å². The second-order valence-corrected chi connectivity index (χ2v) is 7.90. The summed E-state index contributed by atoms with van der Waals surface area (Å²) in [4.78, 5) is 15.6. The number of benzene rings is 1. The molecule has 0 radical (unpaired) electrons. The number of carbonyl (C=O) groups is 1. The van der Waals surface area contributed by atoms with Gasteiger partial charge in [-0.05, 0) is 31.4 Å². The molecule has 3 rings (SSSR count). The maximum atomic E-state index is 12.4. The number of fused-ring (bicyclic) bond motifs is 1. The van der Waals surface area contributed by atoms with Gasteiger partial charge in [0.15, 0.2) is 0 Å². The van der Waals surface area contributed by atoms with Gasteiger partial charge in [-0.2, -0.15) is 0 Å². The molecule has 22 heavy (non-hydrogen) atoms. The summed E-state index contributed by atoms with van der Waals surface area (Å²) in [5.41, 5.74) is 1.57. The molecule has 0 unspecified atom stereocenters. The lowest BCUT2D eigenvalue weighted by Gasteiger charge is -2.28. The largest absolute Gasteiger partial charge is 0.351 e. The highest BCUT2D eigenvalue weighted by Crippen LogP contribution is 2.23. The molecule has 1 amide bonds. The summed E-state index contributed by atoms with van der Waals surface area (Å²) in [6.45, 7) is 1.96. The lowest BCUT2D eigenvalue weighted by Crippen LogP contribution is -2.41. The molecule has 3 atom stereocenters. The third-order valence-corrected chi connectivity index (χ3v) is 6.13.